The third kappa shape index (κ3) is 2.85. The summed E-state index contributed by atoms with van der Waals surface area (Å²) < 4.78 is 0. The maximum Gasteiger partial charge on any atom is 0.274 e. The van der Waals surface area contributed by atoms with Crippen molar-refractivity contribution >= 4 is 11.7 Å². The molecule has 1 saturated heterocycles. The molecule has 1 N–H and O–H groups in total. The predicted molar refractivity (Wildman–Crippen MR) is 73.0 cm³/mol. The van der Waals surface area contributed by atoms with E-state index < -0.39 is 0 Å². The first-order valence-electron chi connectivity index (χ1n) is 7.22. The van der Waals surface area contributed by atoms with Gasteiger partial charge in [0.25, 0.3) is 5.91 Å². The Hall–Kier alpha value is -1.65. The van der Waals surface area contributed by atoms with Crippen molar-refractivity contribution in [2.45, 2.75) is 44.6 Å². The monoisotopic (exact) mass is 260 g/mol. The van der Waals surface area contributed by atoms with E-state index in [0.29, 0.717) is 11.7 Å². The van der Waals surface area contributed by atoms with Gasteiger partial charge in [0.2, 0.25) is 0 Å². The summed E-state index contributed by atoms with van der Waals surface area (Å²) in [5.74, 6) is 0.794. The first kappa shape index (κ1) is 12.4. The van der Waals surface area contributed by atoms with Crippen LogP contribution >= 0.6 is 0 Å². The second kappa shape index (κ2) is 5.55. The third-order valence-corrected chi connectivity index (χ3v) is 3.98. The highest BCUT2D eigenvalue weighted by Crippen LogP contribution is 2.21. The van der Waals surface area contributed by atoms with Crippen LogP contribution in [0.5, 0.6) is 0 Å². The second-order valence-corrected chi connectivity index (χ2v) is 5.43. The van der Waals surface area contributed by atoms with Gasteiger partial charge in [-0.15, -0.1) is 10.2 Å². The molecule has 0 radical (unpaired) electrons. The molecule has 5 heteroatoms. The number of rotatable bonds is 3. The standard InChI is InChI=1S/C14H20N4O/c19-14(18-9-3-4-10-18)12-7-8-13(17-16-12)15-11-5-1-2-6-11/h7-8,11H,1-6,9-10H2,(H,15,17). The van der Waals surface area contributed by atoms with Gasteiger partial charge in [-0.05, 0) is 37.8 Å². The molecule has 1 aliphatic heterocycles. The van der Waals surface area contributed by atoms with Gasteiger partial charge in [0.1, 0.15) is 5.82 Å². The Morgan fingerprint density at radius 3 is 2.47 bits per heavy atom. The number of nitrogens with one attached hydrogen (secondary N) is 1. The van der Waals surface area contributed by atoms with E-state index in [0.717, 1.165) is 31.7 Å². The molecule has 2 fully saturated rings. The molecule has 0 bridgehead atoms. The SMILES string of the molecule is O=C(c1ccc(NC2CCCC2)nn1)N1CCCC1. The van der Waals surface area contributed by atoms with Crippen molar-refractivity contribution in [3.8, 4) is 0 Å². The zero-order valence-electron chi connectivity index (χ0n) is 11.1. The summed E-state index contributed by atoms with van der Waals surface area (Å²) in [6.45, 7) is 1.70. The minimum atomic E-state index is 0.0115. The highest BCUT2D eigenvalue weighted by Gasteiger charge is 2.21. The van der Waals surface area contributed by atoms with E-state index in [4.69, 9.17) is 0 Å². The van der Waals surface area contributed by atoms with E-state index in [1.165, 1.54) is 25.7 Å². The lowest BCUT2D eigenvalue weighted by atomic mass is 10.2. The van der Waals surface area contributed by atoms with Crippen LogP contribution in [0.25, 0.3) is 0 Å². The lowest BCUT2D eigenvalue weighted by Gasteiger charge is -2.15. The highest BCUT2D eigenvalue weighted by atomic mass is 16.2. The van der Waals surface area contributed by atoms with Gasteiger partial charge < -0.3 is 10.2 Å². The molecule has 0 unspecified atom stereocenters. The summed E-state index contributed by atoms with van der Waals surface area (Å²) in [7, 11) is 0. The fourth-order valence-electron chi connectivity index (χ4n) is 2.88. The Balaban J connectivity index is 1.62. The number of hydrogen-bond acceptors (Lipinski definition) is 4. The van der Waals surface area contributed by atoms with Crippen LogP contribution < -0.4 is 5.32 Å². The number of nitrogens with zero attached hydrogens (tertiary/aromatic N) is 3. The summed E-state index contributed by atoms with van der Waals surface area (Å²) in [6, 6.07) is 4.17. The molecule has 1 amide bonds. The number of carbonyl (C=O) groups is 1. The molecule has 0 aromatic carbocycles. The van der Waals surface area contributed by atoms with Crippen molar-refractivity contribution in [3.63, 3.8) is 0 Å². The first-order valence-corrected chi connectivity index (χ1v) is 7.22. The molecular formula is C14H20N4O. The lowest BCUT2D eigenvalue weighted by Crippen LogP contribution is -2.28. The number of aromatic nitrogens is 2. The van der Waals surface area contributed by atoms with Crippen molar-refractivity contribution < 1.29 is 4.79 Å². The summed E-state index contributed by atoms with van der Waals surface area (Å²) in [5, 5.41) is 11.6. The third-order valence-electron chi connectivity index (χ3n) is 3.98. The van der Waals surface area contributed by atoms with Gasteiger partial charge in [0.05, 0.1) is 0 Å². The van der Waals surface area contributed by atoms with Crippen molar-refractivity contribution in [1.82, 2.24) is 15.1 Å². The molecular weight excluding hydrogens is 240 g/mol. The predicted octanol–water partition coefficient (Wildman–Crippen LogP) is 2.07. The van der Waals surface area contributed by atoms with Gasteiger partial charge in [0, 0.05) is 19.1 Å². The van der Waals surface area contributed by atoms with Crippen molar-refractivity contribution in [2.24, 2.45) is 0 Å². The maximum absolute atomic E-state index is 12.1. The second-order valence-electron chi connectivity index (χ2n) is 5.43. The van der Waals surface area contributed by atoms with E-state index in [2.05, 4.69) is 15.5 Å². The van der Waals surface area contributed by atoms with Crippen molar-refractivity contribution in [3.05, 3.63) is 17.8 Å². The molecule has 5 nitrogen and oxygen atoms in total. The molecule has 1 saturated carbocycles. The summed E-state index contributed by atoms with van der Waals surface area (Å²) in [5.41, 5.74) is 0.457. The van der Waals surface area contributed by atoms with Crippen LogP contribution in [0.4, 0.5) is 5.82 Å². The molecule has 2 heterocycles. The van der Waals surface area contributed by atoms with Crippen LogP contribution in [0.15, 0.2) is 12.1 Å². The lowest BCUT2D eigenvalue weighted by molar-refractivity contribution is 0.0786. The smallest absolute Gasteiger partial charge is 0.274 e. The van der Waals surface area contributed by atoms with Gasteiger partial charge in [-0.2, -0.15) is 0 Å². The Morgan fingerprint density at radius 1 is 1.11 bits per heavy atom. The Labute approximate surface area is 113 Å². The van der Waals surface area contributed by atoms with Crippen LogP contribution in [0, 0.1) is 0 Å². The molecule has 102 valence electrons. The zero-order valence-corrected chi connectivity index (χ0v) is 11.1. The molecule has 1 aromatic rings. The van der Waals surface area contributed by atoms with E-state index in [-0.39, 0.29) is 5.91 Å². The van der Waals surface area contributed by atoms with E-state index >= 15 is 0 Å². The van der Waals surface area contributed by atoms with Gasteiger partial charge >= 0.3 is 0 Å². The average Bonchev–Trinajstić information content (AvgIpc) is 3.12. The van der Waals surface area contributed by atoms with Gasteiger partial charge in [-0.1, -0.05) is 12.8 Å². The van der Waals surface area contributed by atoms with Crippen LogP contribution in [-0.4, -0.2) is 40.1 Å². The molecule has 0 spiro atoms. The zero-order chi connectivity index (χ0) is 13.1. The van der Waals surface area contributed by atoms with Crippen molar-refractivity contribution in [1.29, 1.82) is 0 Å². The number of hydrogen-bond donors (Lipinski definition) is 1. The maximum atomic E-state index is 12.1. The molecule has 1 aromatic heterocycles. The summed E-state index contributed by atoms with van der Waals surface area (Å²) >= 11 is 0. The fourth-order valence-corrected chi connectivity index (χ4v) is 2.88. The van der Waals surface area contributed by atoms with Crippen LogP contribution in [0.3, 0.4) is 0 Å². The van der Waals surface area contributed by atoms with Crippen LogP contribution in [-0.2, 0) is 0 Å². The quantitative estimate of drug-likeness (QED) is 0.904. The Morgan fingerprint density at radius 2 is 1.84 bits per heavy atom. The summed E-state index contributed by atoms with van der Waals surface area (Å²) in [6.07, 6.45) is 7.18. The van der Waals surface area contributed by atoms with Gasteiger partial charge in [0.15, 0.2) is 5.69 Å². The largest absolute Gasteiger partial charge is 0.366 e. The van der Waals surface area contributed by atoms with Gasteiger partial charge in [-0.25, -0.2) is 0 Å². The van der Waals surface area contributed by atoms with Crippen LogP contribution in [0.2, 0.25) is 0 Å². The minimum absolute atomic E-state index is 0.0115. The molecule has 2 aliphatic rings. The normalized spacial score (nSPS) is 19.9. The average molecular weight is 260 g/mol. The highest BCUT2D eigenvalue weighted by molar-refractivity contribution is 5.92. The van der Waals surface area contributed by atoms with Crippen molar-refractivity contribution in [2.75, 3.05) is 18.4 Å². The topological polar surface area (TPSA) is 58.1 Å². The number of carbonyl (C=O) groups excluding carboxylic acids is 1. The Bertz CT molecular complexity index is 433. The minimum Gasteiger partial charge on any atom is -0.366 e. The first-order chi connectivity index (χ1) is 9.33. The molecule has 3 rings (SSSR count). The number of anilines is 1. The van der Waals surface area contributed by atoms with E-state index in [1.54, 1.807) is 6.07 Å². The van der Waals surface area contributed by atoms with Gasteiger partial charge in [-0.3, -0.25) is 4.79 Å². The number of likely N-dealkylation sites (tertiary alicyclic amines) is 1. The molecule has 0 atom stereocenters. The molecule has 19 heavy (non-hydrogen) atoms. The number of amides is 1. The Kier molecular flexibility index (Phi) is 3.62. The van der Waals surface area contributed by atoms with E-state index in [9.17, 15) is 4.79 Å². The molecule has 1 aliphatic carbocycles. The fraction of sp³-hybridized carbons (Fsp3) is 0.643. The van der Waals surface area contributed by atoms with Crippen LogP contribution in [0.1, 0.15) is 49.0 Å². The van der Waals surface area contributed by atoms with E-state index in [1.807, 2.05) is 11.0 Å². The summed E-state index contributed by atoms with van der Waals surface area (Å²) in [4.78, 5) is 14.0.